The molecule has 0 spiro atoms. The van der Waals surface area contributed by atoms with E-state index in [4.69, 9.17) is 9.47 Å². The van der Waals surface area contributed by atoms with Crippen molar-refractivity contribution in [3.05, 3.63) is 48.0 Å². The Morgan fingerprint density at radius 2 is 1.74 bits per heavy atom. The number of hydrogen-bond acceptors (Lipinski definition) is 4. The first-order valence-corrected chi connectivity index (χ1v) is 8.36. The molecule has 1 atom stereocenters. The Kier molecular flexibility index (Phi) is 8.49. The lowest BCUT2D eigenvalue weighted by molar-refractivity contribution is -0.177. The Morgan fingerprint density at radius 3 is 2.30 bits per heavy atom. The maximum Gasteiger partial charge on any atom is 0.471 e. The summed E-state index contributed by atoms with van der Waals surface area (Å²) in [6.45, 7) is 5.34. The summed E-state index contributed by atoms with van der Waals surface area (Å²) in [4.78, 5) is 23.2. The number of esters is 1. The van der Waals surface area contributed by atoms with E-state index in [-0.39, 0.29) is 13.0 Å². The third-order valence-corrected chi connectivity index (χ3v) is 3.12. The standard InChI is InChI=1S/C19H24F3NO4/c1-18(2,3)27-16(24)15(23-17(25)19(20,21)22)11-7-8-12-26-13-14-9-5-4-6-10-14/h4-10,15H,11-13H2,1-3H3,(H,23,25)/b8-7-. The zero-order valence-corrected chi connectivity index (χ0v) is 15.5. The van der Waals surface area contributed by atoms with Gasteiger partial charge in [0.05, 0.1) is 13.2 Å². The maximum atomic E-state index is 12.5. The molecule has 1 amide bonds. The van der Waals surface area contributed by atoms with Crippen molar-refractivity contribution < 1.29 is 32.2 Å². The van der Waals surface area contributed by atoms with Gasteiger partial charge in [0, 0.05) is 0 Å². The normalized spacial score (nSPS) is 13.4. The van der Waals surface area contributed by atoms with E-state index >= 15 is 0 Å². The maximum absolute atomic E-state index is 12.5. The molecule has 0 fully saturated rings. The molecule has 1 N–H and O–H groups in total. The smallest absolute Gasteiger partial charge is 0.458 e. The molecule has 0 aliphatic rings. The Balaban J connectivity index is 2.56. The van der Waals surface area contributed by atoms with Gasteiger partial charge in [-0.25, -0.2) is 4.79 Å². The predicted molar refractivity (Wildman–Crippen MR) is 93.7 cm³/mol. The summed E-state index contributed by atoms with van der Waals surface area (Å²) in [5.74, 6) is -3.12. The van der Waals surface area contributed by atoms with Crippen LogP contribution in [0.15, 0.2) is 42.5 Å². The number of carbonyl (C=O) groups excluding carboxylic acids is 2. The van der Waals surface area contributed by atoms with Crippen molar-refractivity contribution in [1.82, 2.24) is 5.32 Å². The van der Waals surface area contributed by atoms with E-state index in [2.05, 4.69) is 0 Å². The van der Waals surface area contributed by atoms with E-state index in [1.807, 2.05) is 30.3 Å². The van der Waals surface area contributed by atoms with Gasteiger partial charge >= 0.3 is 18.1 Å². The SMILES string of the molecule is CC(C)(C)OC(=O)C(C/C=C\COCc1ccccc1)NC(=O)C(F)(F)F. The van der Waals surface area contributed by atoms with Crippen LogP contribution in [0, 0.1) is 0 Å². The number of hydrogen-bond donors (Lipinski definition) is 1. The molecule has 150 valence electrons. The number of ether oxygens (including phenoxy) is 2. The lowest BCUT2D eigenvalue weighted by Gasteiger charge is -2.24. The highest BCUT2D eigenvalue weighted by Gasteiger charge is 2.41. The zero-order chi connectivity index (χ0) is 20.5. The van der Waals surface area contributed by atoms with Gasteiger partial charge in [0.15, 0.2) is 0 Å². The molecule has 5 nitrogen and oxygen atoms in total. The summed E-state index contributed by atoms with van der Waals surface area (Å²) in [5, 5.41) is 1.67. The van der Waals surface area contributed by atoms with Gasteiger partial charge in [-0.1, -0.05) is 42.5 Å². The van der Waals surface area contributed by atoms with Gasteiger partial charge in [-0.2, -0.15) is 13.2 Å². The second-order valence-corrected chi connectivity index (χ2v) is 6.77. The Labute approximate surface area is 156 Å². The minimum absolute atomic E-state index is 0.147. The van der Waals surface area contributed by atoms with Crippen LogP contribution in [0.1, 0.15) is 32.8 Å². The highest BCUT2D eigenvalue weighted by molar-refractivity contribution is 5.87. The van der Waals surface area contributed by atoms with Crippen LogP contribution in [0.3, 0.4) is 0 Å². The van der Waals surface area contributed by atoms with Gasteiger partial charge in [0.1, 0.15) is 11.6 Å². The molecule has 8 heteroatoms. The highest BCUT2D eigenvalue weighted by atomic mass is 19.4. The number of benzene rings is 1. The molecule has 27 heavy (non-hydrogen) atoms. The molecule has 0 saturated heterocycles. The first-order valence-electron chi connectivity index (χ1n) is 8.36. The molecule has 0 aliphatic heterocycles. The van der Waals surface area contributed by atoms with Crippen LogP contribution in [-0.4, -0.2) is 36.3 Å². The van der Waals surface area contributed by atoms with Crippen LogP contribution in [0.4, 0.5) is 13.2 Å². The molecule has 0 heterocycles. The fourth-order valence-corrected chi connectivity index (χ4v) is 1.95. The number of rotatable bonds is 8. The summed E-state index contributed by atoms with van der Waals surface area (Å²) in [6, 6.07) is 8.00. The van der Waals surface area contributed by atoms with E-state index in [0.29, 0.717) is 6.61 Å². The second-order valence-electron chi connectivity index (χ2n) is 6.77. The lowest BCUT2D eigenvalue weighted by atomic mass is 10.1. The number of amides is 1. The van der Waals surface area contributed by atoms with Gasteiger partial charge in [-0.15, -0.1) is 0 Å². The first-order chi connectivity index (χ1) is 12.5. The van der Waals surface area contributed by atoms with E-state index in [0.717, 1.165) is 5.56 Å². The van der Waals surface area contributed by atoms with Crippen LogP contribution in [0.25, 0.3) is 0 Å². The molecule has 1 aromatic carbocycles. The first kappa shape index (κ1) is 22.7. The molecule has 1 unspecified atom stereocenters. The van der Waals surface area contributed by atoms with Crippen molar-refractivity contribution in [3.63, 3.8) is 0 Å². The van der Waals surface area contributed by atoms with Crippen LogP contribution < -0.4 is 5.32 Å². The number of alkyl halides is 3. The van der Waals surface area contributed by atoms with Crippen LogP contribution in [-0.2, 0) is 25.7 Å². The molecule has 0 aromatic heterocycles. The van der Waals surface area contributed by atoms with Gasteiger partial charge in [-0.3, -0.25) is 4.79 Å². The van der Waals surface area contributed by atoms with Crippen molar-refractivity contribution in [1.29, 1.82) is 0 Å². The van der Waals surface area contributed by atoms with Crippen molar-refractivity contribution in [2.45, 2.75) is 51.6 Å². The number of halogens is 3. The van der Waals surface area contributed by atoms with Gasteiger partial charge < -0.3 is 14.8 Å². The average molecular weight is 387 g/mol. The quantitative estimate of drug-likeness (QED) is 0.421. The fraction of sp³-hybridized carbons (Fsp3) is 0.474. The minimum Gasteiger partial charge on any atom is -0.458 e. The van der Waals surface area contributed by atoms with E-state index in [1.165, 1.54) is 6.08 Å². The third kappa shape index (κ3) is 9.79. The van der Waals surface area contributed by atoms with E-state index in [9.17, 15) is 22.8 Å². The lowest BCUT2D eigenvalue weighted by Crippen LogP contribution is -2.48. The fourth-order valence-electron chi connectivity index (χ4n) is 1.95. The van der Waals surface area contributed by atoms with Crippen molar-refractivity contribution in [2.75, 3.05) is 6.61 Å². The van der Waals surface area contributed by atoms with E-state index in [1.54, 1.807) is 32.2 Å². The van der Waals surface area contributed by atoms with Crippen LogP contribution in [0.2, 0.25) is 0 Å². The Hall–Kier alpha value is -2.35. The van der Waals surface area contributed by atoms with Crippen LogP contribution >= 0.6 is 0 Å². The van der Waals surface area contributed by atoms with Crippen molar-refractivity contribution in [2.24, 2.45) is 0 Å². The molecule has 0 aliphatic carbocycles. The van der Waals surface area contributed by atoms with Gasteiger partial charge in [-0.05, 0) is 32.8 Å². The second kappa shape index (κ2) is 10.1. The summed E-state index contributed by atoms with van der Waals surface area (Å²) in [6.07, 6.45) is -2.19. The third-order valence-electron chi connectivity index (χ3n) is 3.12. The summed E-state index contributed by atoms with van der Waals surface area (Å²) < 4.78 is 47.8. The Morgan fingerprint density at radius 1 is 1.11 bits per heavy atom. The Bertz CT molecular complexity index is 637. The topological polar surface area (TPSA) is 64.6 Å². The highest BCUT2D eigenvalue weighted by Crippen LogP contribution is 2.16. The van der Waals surface area contributed by atoms with Crippen LogP contribution in [0.5, 0.6) is 0 Å². The molecule has 0 radical (unpaired) electrons. The zero-order valence-electron chi connectivity index (χ0n) is 15.5. The van der Waals surface area contributed by atoms with Gasteiger partial charge in [0.25, 0.3) is 0 Å². The number of nitrogens with one attached hydrogen (secondary N) is 1. The summed E-state index contributed by atoms with van der Waals surface area (Å²) in [7, 11) is 0. The number of carbonyl (C=O) groups is 2. The summed E-state index contributed by atoms with van der Waals surface area (Å²) >= 11 is 0. The van der Waals surface area contributed by atoms with E-state index < -0.39 is 29.7 Å². The average Bonchev–Trinajstić information content (AvgIpc) is 2.55. The predicted octanol–water partition coefficient (Wildman–Crippen LogP) is 3.54. The minimum atomic E-state index is -5.08. The van der Waals surface area contributed by atoms with Gasteiger partial charge in [0.2, 0.25) is 0 Å². The molecule has 0 saturated carbocycles. The molecular weight excluding hydrogens is 363 g/mol. The largest absolute Gasteiger partial charge is 0.471 e. The molecule has 1 rings (SSSR count). The molecule has 1 aromatic rings. The van der Waals surface area contributed by atoms with Crippen molar-refractivity contribution in [3.8, 4) is 0 Å². The molecule has 0 bridgehead atoms. The molecular formula is C19H24F3NO4. The monoisotopic (exact) mass is 387 g/mol. The van der Waals surface area contributed by atoms with Crippen molar-refractivity contribution >= 4 is 11.9 Å². The summed E-state index contributed by atoms with van der Waals surface area (Å²) in [5.41, 5.74) is 0.0934.